The van der Waals surface area contributed by atoms with Crippen molar-refractivity contribution in [2.75, 3.05) is 20.8 Å². The lowest BCUT2D eigenvalue weighted by Gasteiger charge is -2.41. The minimum atomic E-state index is -1.10. The zero-order valence-electron chi connectivity index (χ0n) is 19.3. The van der Waals surface area contributed by atoms with Crippen LogP contribution in [0.5, 0.6) is 11.5 Å². The Morgan fingerprint density at radius 3 is 2.34 bits per heavy atom. The van der Waals surface area contributed by atoms with Crippen molar-refractivity contribution in [3.05, 3.63) is 79.8 Å². The van der Waals surface area contributed by atoms with Crippen LogP contribution >= 0.6 is 34.8 Å². The molecule has 2 aromatic carbocycles. The molecule has 184 valence electrons. The number of rotatable bonds is 5. The number of nitrogens with zero attached hydrogens (tertiary/aromatic N) is 1. The van der Waals surface area contributed by atoms with Crippen LogP contribution in [0.25, 0.3) is 0 Å². The van der Waals surface area contributed by atoms with Crippen molar-refractivity contribution in [1.29, 1.82) is 0 Å². The summed E-state index contributed by atoms with van der Waals surface area (Å²) in [5, 5.41) is 10.9. The van der Waals surface area contributed by atoms with Crippen molar-refractivity contribution in [2.24, 2.45) is 11.8 Å². The number of hydrogen-bond acceptors (Lipinski definition) is 4. The first-order valence-corrected chi connectivity index (χ1v) is 12.1. The van der Waals surface area contributed by atoms with Gasteiger partial charge in [0.1, 0.15) is 11.5 Å². The molecule has 0 saturated heterocycles. The number of carbonyl (C=O) groups excluding carboxylic acids is 1. The highest BCUT2D eigenvalue weighted by molar-refractivity contribution is 6.42. The number of aliphatic carboxylic acids is 1. The Labute approximate surface area is 218 Å². The van der Waals surface area contributed by atoms with Gasteiger partial charge in [-0.15, -0.1) is 0 Å². The summed E-state index contributed by atoms with van der Waals surface area (Å²) in [6, 6.07) is 8.15. The molecule has 0 fully saturated rings. The number of allylic oxidation sites excluding steroid dienone is 2. The molecule has 35 heavy (non-hydrogen) atoms. The average molecular weight is 537 g/mol. The van der Waals surface area contributed by atoms with E-state index < -0.39 is 23.8 Å². The first kappa shape index (κ1) is 25.4. The number of ether oxygens (including phenoxy) is 2. The predicted octanol–water partition coefficient (Wildman–Crippen LogP) is 5.88. The second-order valence-corrected chi connectivity index (χ2v) is 9.64. The summed E-state index contributed by atoms with van der Waals surface area (Å²) in [4.78, 5) is 27.8. The molecular formula is C26H24Cl3NO5. The molecule has 2 aromatic rings. The van der Waals surface area contributed by atoms with Crippen LogP contribution in [0, 0.1) is 11.8 Å². The van der Waals surface area contributed by atoms with E-state index in [9.17, 15) is 14.7 Å². The number of benzene rings is 2. The molecule has 1 heterocycles. The Morgan fingerprint density at radius 2 is 1.69 bits per heavy atom. The maximum absolute atomic E-state index is 14.0. The fraction of sp³-hybridized carbons (Fsp3) is 0.308. The Kier molecular flexibility index (Phi) is 7.36. The SMILES string of the molecule is COc1ccc(OC)c2c1CCN(C(=O)C1C=C(Cl)C(C)=CC1C(=O)O)C2c1cccc(Cl)c1Cl. The third-order valence-corrected chi connectivity index (χ3v) is 7.81. The van der Waals surface area contributed by atoms with E-state index in [0.29, 0.717) is 50.7 Å². The van der Waals surface area contributed by atoms with Gasteiger partial charge in [-0.25, -0.2) is 0 Å². The first-order chi connectivity index (χ1) is 16.7. The molecule has 1 N–H and O–H groups in total. The molecular weight excluding hydrogens is 513 g/mol. The van der Waals surface area contributed by atoms with E-state index >= 15 is 0 Å². The van der Waals surface area contributed by atoms with E-state index in [2.05, 4.69) is 0 Å². The molecule has 1 aliphatic carbocycles. The standard InChI is InChI=1S/C26H24Cl3NO5/c1-13-11-17(26(32)33)16(12-19(13)28)25(31)30-10-9-14-20(34-2)7-8-21(35-3)22(14)24(30)15-5-4-6-18(27)23(15)29/h4-8,11-12,16-17,24H,9-10H2,1-3H3,(H,32,33). The highest BCUT2D eigenvalue weighted by Crippen LogP contribution is 2.47. The third kappa shape index (κ3) is 4.51. The Bertz CT molecular complexity index is 1260. The maximum atomic E-state index is 14.0. The van der Waals surface area contributed by atoms with Crippen LogP contribution in [0.15, 0.2) is 53.1 Å². The van der Waals surface area contributed by atoms with E-state index in [-0.39, 0.29) is 5.91 Å². The lowest BCUT2D eigenvalue weighted by molar-refractivity contribution is -0.147. The van der Waals surface area contributed by atoms with Crippen LogP contribution in [-0.4, -0.2) is 42.6 Å². The van der Waals surface area contributed by atoms with Gasteiger partial charge in [0.2, 0.25) is 5.91 Å². The first-order valence-electron chi connectivity index (χ1n) is 11.0. The van der Waals surface area contributed by atoms with Gasteiger partial charge < -0.3 is 19.5 Å². The summed E-state index contributed by atoms with van der Waals surface area (Å²) in [7, 11) is 3.14. The third-order valence-electron chi connectivity index (χ3n) is 6.55. The minimum Gasteiger partial charge on any atom is -0.496 e. The molecule has 1 amide bonds. The smallest absolute Gasteiger partial charge is 0.311 e. The average Bonchev–Trinajstić information content (AvgIpc) is 2.85. The number of carboxylic acids is 1. The van der Waals surface area contributed by atoms with Gasteiger partial charge >= 0.3 is 5.97 Å². The van der Waals surface area contributed by atoms with Gasteiger partial charge in [0.25, 0.3) is 0 Å². The number of hydrogen-bond donors (Lipinski definition) is 1. The van der Waals surface area contributed by atoms with Crippen LogP contribution in [0.2, 0.25) is 10.0 Å². The molecule has 3 unspecified atom stereocenters. The number of amides is 1. The summed E-state index contributed by atoms with van der Waals surface area (Å²) in [5.74, 6) is -2.29. The predicted molar refractivity (Wildman–Crippen MR) is 136 cm³/mol. The summed E-state index contributed by atoms with van der Waals surface area (Å²) in [5.41, 5.74) is 2.83. The van der Waals surface area contributed by atoms with E-state index in [0.717, 1.165) is 11.1 Å². The topological polar surface area (TPSA) is 76.1 Å². The second kappa shape index (κ2) is 10.1. The summed E-state index contributed by atoms with van der Waals surface area (Å²) < 4.78 is 11.3. The van der Waals surface area contributed by atoms with Crippen molar-refractivity contribution in [2.45, 2.75) is 19.4 Å². The summed E-state index contributed by atoms with van der Waals surface area (Å²) >= 11 is 19.4. The van der Waals surface area contributed by atoms with Crippen LogP contribution in [0.4, 0.5) is 0 Å². The molecule has 6 nitrogen and oxygen atoms in total. The highest BCUT2D eigenvalue weighted by Gasteiger charge is 2.43. The van der Waals surface area contributed by atoms with Gasteiger partial charge in [0.05, 0.1) is 42.1 Å². The number of carboxylic acid groups (broad SMARTS) is 1. The van der Waals surface area contributed by atoms with Gasteiger partial charge in [-0.2, -0.15) is 0 Å². The van der Waals surface area contributed by atoms with Crippen LogP contribution in [0.3, 0.4) is 0 Å². The van der Waals surface area contributed by atoms with E-state index in [1.165, 1.54) is 12.2 Å². The van der Waals surface area contributed by atoms with Gasteiger partial charge in [-0.05, 0) is 42.7 Å². The Morgan fingerprint density at radius 1 is 1.00 bits per heavy atom. The monoisotopic (exact) mass is 535 g/mol. The Balaban J connectivity index is 1.92. The molecule has 0 saturated carbocycles. The molecule has 0 radical (unpaired) electrons. The molecule has 3 atom stereocenters. The van der Waals surface area contributed by atoms with Gasteiger partial charge in [0.15, 0.2) is 0 Å². The van der Waals surface area contributed by atoms with Crippen molar-refractivity contribution in [1.82, 2.24) is 4.90 Å². The molecule has 9 heteroatoms. The fourth-order valence-electron chi connectivity index (χ4n) is 4.85. The fourth-order valence-corrected chi connectivity index (χ4v) is 5.46. The lowest BCUT2D eigenvalue weighted by Crippen LogP contribution is -2.46. The molecule has 2 aliphatic rings. The van der Waals surface area contributed by atoms with Gasteiger partial charge in [-0.1, -0.05) is 59.1 Å². The molecule has 0 aromatic heterocycles. The number of fused-ring (bicyclic) bond motifs is 1. The summed E-state index contributed by atoms with van der Waals surface area (Å²) in [6.45, 7) is 2.03. The quantitative estimate of drug-likeness (QED) is 0.516. The van der Waals surface area contributed by atoms with E-state index in [4.69, 9.17) is 44.3 Å². The molecule has 0 bridgehead atoms. The van der Waals surface area contributed by atoms with Gasteiger partial charge in [-0.3, -0.25) is 9.59 Å². The van der Waals surface area contributed by atoms with Crippen LogP contribution < -0.4 is 9.47 Å². The second-order valence-electron chi connectivity index (χ2n) is 8.44. The van der Waals surface area contributed by atoms with Crippen LogP contribution in [-0.2, 0) is 16.0 Å². The van der Waals surface area contributed by atoms with Crippen molar-refractivity contribution in [3.63, 3.8) is 0 Å². The van der Waals surface area contributed by atoms with E-state index in [1.807, 2.05) is 6.07 Å². The largest absolute Gasteiger partial charge is 0.496 e. The van der Waals surface area contributed by atoms with Crippen molar-refractivity contribution < 1.29 is 24.2 Å². The number of carbonyl (C=O) groups is 2. The number of halogens is 3. The zero-order chi connectivity index (χ0) is 25.4. The number of methoxy groups -OCH3 is 2. The molecule has 0 spiro atoms. The van der Waals surface area contributed by atoms with E-state index in [1.54, 1.807) is 50.3 Å². The maximum Gasteiger partial charge on any atom is 0.311 e. The lowest BCUT2D eigenvalue weighted by atomic mass is 9.81. The zero-order valence-corrected chi connectivity index (χ0v) is 21.6. The van der Waals surface area contributed by atoms with Crippen LogP contribution in [0.1, 0.15) is 29.7 Å². The normalized spacial score (nSPS) is 21.5. The van der Waals surface area contributed by atoms with Crippen molar-refractivity contribution in [3.8, 4) is 11.5 Å². The minimum absolute atomic E-state index is 0.303. The summed E-state index contributed by atoms with van der Waals surface area (Å²) in [6.07, 6.45) is 3.52. The molecule has 1 aliphatic heterocycles. The van der Waals surface area contributed by atoms with Crippen molar-refractivity contribution >= 4 is 46.7 Å². The van der Waals surface area contributed by atoms with Gasteiger partial charge in [0, 0.05) is 22.7 Å². The highest BCUT2D eigenvalue weighted by atomic mass is 35.5. The Hall–Kier alpha value is -2.67. The molecule has 4 rings (SSSR count).